The summed E-state index contributed by atoms with van der Waals surface area (Å²) in [5.74, 6) is 2.30. The van der Waals surface area contributed by atoms with Crippen molar-refractivity contribution in [3.05, 3.63) is 11.7 Å². The Morgan fingerprint density at radius 1 is 1.30 bits per heavy atom. The first-order valence-electron chi connectivity index (χ1n) is 7.79. The third kappa shape index (κ3) is 2.37. The predicted molar refractivity (Wildman–Crippen MR) is 75.2 cm³/mol. The Labute approximate surface area is 120 Å². The summed E-state index contributed by atoms with van der Waals surface area (Å²) < 4.78 is 11.3. The lowest BCUT2D eigenvalue weighted by Crippen LogP contribution is -2.35. The standard InChI is InChI=1S/C15H25N3O2/c1-10-5-4-8-15(9-10,19-2)14-17-13(20-18-14)11-6-3-7-12(11)16/h10-12H,3-9,16H2,1-2H3. The Hall–Kier alpha value is -0.940. The summed E-state index contributed by atoms with van der Waals surface area (Å²) in [4.78, 5) is 4.66. The fraction of sp³-hybridized carbons (Fsp3) is 0.867. The first-order chi connectivity index (χ1) is 9.64. The van der Waals surface area contributed by atoms with Crippen molar-refractivity contribution in [2.75, 3.05) is 7.11 Å². The number of rotatable bonds is 3. The molecule has 0 aliphatic heterocycles. The maximum atomic E-state index is 6.13. The van der Waals surface area contributed by atoms with E-state index < -0.39 is 0 Å². The maximum Gasteiger partial charge on any atom is 0.231 e. The zero-order valence-corrected chi connectivity index (χ0v) is 12.5. The molecule has 5 heteroatoms. The quantitative estimate of drug-likeness (QED) is 0.920. The van der Waals surface area contributed by atoms with Crippen molar-refractivity contribution in [2.45, 2.75) is 69.4 Å². The number of hydrogen-bond donors (Lipinski definition) is 1. The van der Waals surface area contributed by atoms with E-state index in [4.69, 9.17) is 15.0 Å². The number of nitrogens with zero attached hydrogens (tertiary/aromatic N) is 2. The molecule has 0 spiro atoms. The van der Waals surface area contributed by atoms with Crippen LogP contribution in [0.3, 0.4) is 0 Å². The van der Waals surface area contributed by atoms with Crippen LogP contribution < -0.4 is 5.73 Å². The molecular weight excluding hydrogens is 254 g/mol. The molecule has 1 heterocycles. The van der Waals surface area contributed by atoms with Crippen LogP contribution in [0.2, 0.25) is 0 Å². The smallest absolute Gasteiger partial charge is 0.231 e. The first-order valence-corrected chi connectivity index (χ1v) is 7.79. The summed E-state index contributed by atoms with van der Waals surface area (Å²) in [6.45, 7) is 2.26. The van der Waals surface area contributed by atoms with E-state index in [-0.39, 0.29) is 17.6 Å². The van der Waals surface area contributed by atoms with Crippen LogP contribution in [0.25, 0.3) is 0 Å². The minimum absolute atomic E-state index is 0.159. The molecule has 4 unspecified atom stereocenters. The van der Waals surface area contributed by atoms with Crippen molar-refractivity contribution in [1.82, 2.24) is 10.1 Å². The lowest BCUT2D eigenvalue weighted by atomic mass is 9.78. The summed E-state index contributed by atoms with van der Waals surface area (Å²) in [7, 11) is 1.76. The minimum Gasteiger partial charge on any atom is -0.370 e. The highest BCUT2D eigenvalue weighted by molar-refractivity contribution is 5.08. The van der Waals surface area contributed by atoms with E-state index in [2.05, 4.69) is 17.1 Å². The Morgan fingerprint density at radius 3 is 2.80 bits per heavy atom. The molecule has 112 valence electrons. The molecule has 0 aromatic carbocycles. The van der Waals surface area contributed by atoms with Gasteiger partial charge < -0.3 is 15.0 Å². The van der Waals surface area contributed by atoms with Gasteiger partial charge in [-0.05, 0) is 38.0 Å². The topological polar surface area (TPSA) is 74.2 Å². The van der Waals surface area contributed by atoms with E-state index in [0.717, 1.165) is 44.3 Å². The molecule has 3 rings (SSSR count). The summed E-state index contributed by atoms with van der Waals surface area (Å²) in [6.07, 6.45) is 7.61. The average Bonchev–Trinajstić information content (AvgIpc) is 3.07. The van der Waals surface area contributed by atoms with Crippen LogP contribution in [0.1, 0.15) is 69.5 Å². The molecule has 0 amide bonds. The van der Waals surface area contributed by atoms with Gasteiger partial charge >= 0.3 is 0 Å². The van der Waals surface area contributed by atoms with Gasteiger partial charge in [-0.1, -0.05) is 24.9 Å². The summed E-state index contributed by atoms with van der Waals surface area (Å²) >= 11 is 0. The lowest BCUT2D eigenvalue weighted by molar-refractivity contribution is -0.0658. The summed E-state index contributed by atoms with van der Waals surface area (Å²) in [5, 5.41) is 4.23. The molecular formula is C15H25N3O2. The maximum absolute atomic E-state index is 6.13. The van der Waals surface area contributed by atoms with E-state index >= 15 is 0 Å². The molecule has 1 aromatic heterocycles. The fourth-order valence-electron chi connectivity index (χ4n) is 3.85. The molecule has 0 saturated heterocycles. The summed E-state index contributed by atoms with van der Waals surface area (Å²) in [6, 6.07) is 0.159. The molecule has 2 fully saturated rings. The zero-order valence-electron chi connectivity index (χ0n) is 12.5. The van der Waals surface area contributed by atoms with E-state index in [1.54, 1.807) is 7.11 Å². The Kier molecular flexibility index (Phi) is 3.82. The Balaban J connectivity index is 1.84. The highest BCUT2D eigenvalue weighted by atomic mass is 16.5. The van der Waals surface area contributed by atoms with Gasteiger partial charge in [0.2, 0.25) is 11.7 Å². The number of methoxy groups -OCH3 is 1. The van der Waals surface area contributed by atoms with Crippen LogP contribution in [0.5, 0.6) is 0 Å². The molecule has 5 nitrogen and oxygen atoms in total. The van der Waals surface area contributed by atoms with Gasteiger partial charge in [0.1, 0.15) is 5.60 Å². The van der Waals surface area contributed by atoms with Gasteiger partial charge in [-0.3, -0.25) is 0 Å². The van der Waals surface area contributed by atoms with E-state index in [0.29, 0.717) is 11.8 Å². The van der Waals surface area contributed by atoms with Crippen molar-refractivity contribution in [3.8, 4) is 0 Å². The van der Waals surface area contributed by atoms with Crippen molar-refractivity contribution in [2.24, 2.45) is 11.7 Å². The highest BCUT2D eigenvalue weighted by Gasteiger charge is 2.42. The molecule has 20 heavy (non-hydrogen) atoms. The van der Waals surface area contributed by atoms with Gasteiger partial charge in [0, 0.05) is 13.2 Å². The van der Waals surface area contributed by atoms with Crippen molar-refractivity contribution in [1.29, 1.82) is 0 Å². The monoisotopic (exact) mass is 279 g/mol. The Bertz CT molecular complexity index is 462. The van der Waals surface area contributed by atoms with Crippen LogP contribution >= 0.6 is 0 Å². The van der Waals surface area contributed by atoms with Crippen molar-refractivity contribution in [3.63, 3.8) is 0 Å². The SMILES string of the molecule is COC1(c2noc(C3CCCC3N)n2)CCCC(C)C1. The number of hydrogen-bond acceptors (Lipinski definition) is 5. The molecule has 2 saturated carbocycles. The summed E-state index contributed by atoms with van der Waals surface area (Å²) in [5.41, 5.74) is 5.77. The van der Waals surface area contributed by atoms with Gasteiger partial charge in [0.05, 0.1) is 5.92 Å². The lowest BCUT2D eigenvalue weighted by Gasteiger charge is -2.36. The van der Waals surface area contributed by atoms with Crippen LogP contribution in [0.15, 0.2) is 4.52 Å². The van der Waals surface area contributed by atoms with Crippen LogP contribution in [-0.2, 0) is 10.3 Å². The molecule has 4 atom stereocenters. The normalized spacial score (nSPS) is 38.2. The second-order valence-electron chi connectivity index (χ2n) is 6.56. The van der Waals surface area contributed by atoms with Crippen molar-refractivity contribution < 1.29 is 9.26 Å². The highest BCUT2D eigenvalue weighted by Crippen LogP contribution is 2.42. The first kappa shape index (κ1) is 14.0. The van der Waals surface area contributed by atoms with Crippen molar-refractivity contribution >= 4 is 0 Å². The molecule has 2 N–H and O–H groups in total. The van der Waals surface area contributed by atoms with Crippen LogP contribution in [-0.4, -0.2) is 23.3 Å². The third-order valence-corrected chi connectivity index (χ3v) is 5.08. The minimum atomic E-state index is -0.359. The largest absolute Gasteiger partial charge is 0.370 e. The molecule has 0 bridgehead atoms. The predicted octanol–water partition coefficient (Wildman–Crippen LogP) is 2.72. The molecule has 1 aromatic rings. The van der Waals surface area contributed by atoms with E-state index in [9.17, 15) is 0 Å². The fourth-order valence-corrected chi connectivity index (χ4v) is 3.85. The molecule has 2 aliphatic rings. The van der Waals surface area contributed by atoms with E-state index in [1.165, 1.54) is 6.42 Å². The number of nitrogens with two attached hydrogens (primary N) is 1. The third-order valence-electron chi connectivity index (χ3n) is 5.08. The second kappa shape index (κ2) is 5.45. The molecule has 0 radical (unpaired) electrons. The van der Waals surface area contributed by atoms with E-state index in [1.807, 2.05) is 0 Å². The average molecular weight is 279 g/mol. The van der Waals surface area contributed by atoms with Crippen LogP contribution in [0, 0.1) is 5.92 Å². The number of ether oxygens (including phenoxy) is 1. The number of aromatic nitrogens is 2. The van der Waals surface area contributed by atoms with Crippen LogP contribution in [0.4, 0.5) is 0 Å². The molecule has 2 aliphatic carbocycles. The second-order valence-corrected chi connectivity index (χ2v) is 6.56. The van der Waals surface area contributed by atoms with Gasteiger partial charge in [-0.2, -0.15) is 4.98 Å². The van der Waals surface area contributed by atoms with Gasteiger partial charge in [-0.15, -0.1) is 0 Å². The van der Waals surface area contributed by atoms with Gasteiger partial charge in [-0.25, -0.2) is 0 Å². The van der Waals surface area contributed by atoms with Gasteiger partial charge in [0.25, 0.3) is 0 Å². The zero-order chi connectivity index (χ0) is 14.2. The Morgan fingerprint density at radius 2 is 2.15 bits per heavy atom. The van der Waals surface area contributed by atoms with Gasteiger partial charge in [0.15, 0.2) is 0 Å².